The van der Waals surface area contributed by atoms with E-state index in [-0.39, 0.29) is 62.3 Å². The van der Waals surface area contributed by atoms with Crippen molar-refractivity contribution in [3.8, 4) is 11.5 Å². The Bertz CT molecular complexity index is 2350. The van der Waals surface area contributed by atoms with Gasteiger partial charge in [-0.05, 0) is 80.9 Å². The van der Waals surface area contributed by atoms with E-state index in [1.54, 1.807) is 0 Å². The van der Waals surface area contributed by atoms with Crippen LogP contribution in [-0.4, -0.2) is 85.8 Å². The van der Waals surface area contributed by atoms with Gasteiger partial charge in [-0.2, -0.15) is 18.3 Å². The Morgan fingerprint density at radius 3 is 2.08 bits per heavy atom. The van der Waals surface area contributed by atoms with E-state index in [9.17, 15) is 50.5 Å². The second-order valence-corrected chi connectivity index (χ2v) is 15.8. The molecule has 4 rings (SSSR count). The van der Waals surface area contributed by atoms with Crippen LogP contribution in [-0.2, 0) is 25.1 Å². The number of halogens is 7. The molecule has 0 bridgehead atoms. The van der Waals surface area contributed by atoms with Gasteiger partial charge in [0, 0.05) is 30.8 Å². The van der Waals surface area contributed by atoms with Crippen LogP contribution >= 0.6 is 30.6 Å². The topological polar surface area (TPSA) is 277 Å². The number of pyridine rings is 1. The van der Waals surface area contributed by atoms with E-state index in [1.807, 2.05) is 0 Å². The number of alkyl halides is 3. The summed E-state index contributed by atoms with van der Waals surface area (Å²) in [5.74, 6) is -6.40. The highest BCUT2D eigenvalue weighted by Gasteiger charge is 2.31. The number of hydrogen-bond donors (Lipinski definition) is 7. The summed E-state index contributed by atoms with van der Waals surface area (Å²) in [4.78, 5) is 68.4. The lowest BCUT2D eigenvalue weighted by molar-refractivity contribution is -0.146. The Labute approximate surface area is 357 Å². The smallest absolute Gasteiger partial charge is 0.416 e. The molecule has 2 amide bonds. The maximum Gasteiger partial charge on any atom is 0.416 e. The Hall–Kier alpha value is -6.19. The van der Waals surface area contributed by atoms with Crippen molar-refractivity contribution < 1.29 is 80.2 Å². The van der Waals surface area contributed by atoms with Crippen LogP contribution in [0.4, 0.5) is 32.4 Å². The molecule has 1 heterocycles. The predicted molar refractivity (Wildman–Crippen MR) is 213 cm³/mol. The van der Waals surface area contributed by atoms with E-state index in [2.05, 4.69) is 20.8 Å². The summed E-state index contributed by atoms with van der Waals surface area (Å²) in [5, 5.41) is 31.7. The maximum atomic E-state index is 13.0. The molecule has 2 unspecified atom stereocenters. The summed E-state index contributed by atoms with van der Waals surface area (Å²) in [5.41, 5.74) is 6.13. The van der Waals surface area contributed by atoms with Crippen molar-refractivity contribution in [3.63, 3.8) is 0 Å². The number of nitrogens with two attached hydrogens (primary N) is 1. The molecular formula is C37H35Cl2F5N5O12P. The maximum absolute atomic E-state index is 13.0. The largest absolute Gasteiger partial charge is 0.480 e. The second-order valence-electron chi connectivity index (χ2n) is 12.4. The molecule has 0 spiro atoms. The number of benzene rings is 3. The highest BCUT2D eigenvalue weighted by Crippen LogP contribution is 2.37. The normalized spacial score (nSPS) is 13.0. The first-order valence-electron chi connectivity index (χ1n) is 17.0. The van der Waals surface area contributed by atoms with Crippen molar-refractivity contribution in [1.29, 1.82) is 0 Å². The number of carbonyl (C=O) groups excluding carboxylic acids is 2. The summed E-state index contributed by atoms with van der Waals surface area (Å²) < 4.78 is 84.8. The number of anilines is 1. The van der Waals surface area contributed by atoms with Crippen molar-refractivity contribution in [2.45, 2.75) is 38.6 Å². The number of carboxylic acids is 3. The van der Waals surface area contributed by atoms with Crippen molar-refractivity contribution in [2.24, 2.45) is 10.8 Å². The first kappa shape index (κ1) is 51.9. The number of ether oxygens (including phenoxy) is 2. The van der Waals surface area contributed by atoms with E-state index in [0.29, 0.717) is 12.1 Å². The zero-order valence-corrected chi connectivity index (χ0v) is 34.5. The first-order valence-corrected chi connectivity index (χ1v) is 20.0. The molecule has 25 heteroatoms. The average Bonchev–Trinajstić information content (AvgIpc) is 3.16. The molecule has 3 aromatic carbocycles. The Morgan fingerprint density at radius 2 is 1.55 bits per heavy atom. The third-order valence-corrected chi connectivity index (χ3v) is 8.99. The number of carbonyl (C=O) groups is 5. The zero-order chi connectivity index (χ0) is 47.1. The van der Waals surface area contributed by atoms with Gasteiger partial charge in [-0.15, -0.1) is 0 Å². The van der Waals surface area contributed by atoms with Crippen LogP contribution in [0.2, 0.25) is 10.0 Å². The van der Waals surface area contributed by atoms with Gasteiger partial charge in [0.1, 0.15) is 34.9 Å². The van der Waals surface area contributed by atoms with Gasteiger partial charge < -0.3 is 40.7 Å². The molecule has 0 aliphatic heterocycles. The number of hydrazone groups is 1. The molecule has 3 atom stereocenters. The van der Waals surface area contributed by atoms with Gasteiger partial charge in [-0.1, -0.05) is 23.2 Å². The molecule has 0 fully saturated rings. The van der Waals surface area contributed by atoms with E-state index < -0.39 is 72.8 Å². The fourth-order valence-corrected chi connectivity index (χ4v) is 5.40. The number of amides is 2. The number of urea groups is 1. The average molecular weight is 939 g/mol. The third-order valence-electron chi connectivity index (χ3n) is 7.27. The minimum Gasteiger partial charge on any atom is -0.480 e. The van der Waals surface area contributed by atoms with Gasteiger partial charge >= 0.3 is 36.1 Å². The minimum atomic E-state index is -4.56. The predicted octanol–water partition coefficient (Wildman–Crippen LogP) is 7.73. The molecule has 0 radical (unpaired) electrons. The fraction of sp³-hybridized carbons (Fsp3) is 0.216. The van der Waals surface area contributed by atoms with Gasteiger partial charge in [0.2, 0.25) is 0 Å². The number of nitrogens with zero attached hydrogens (tertiary/aromatic N) is 2. The van der Waals surface area contributed by atoms with E-state index >= 15 is 0 Å². The molecule has 0 aliphatic rings. The van der Waals surface area contributed by atoms with Crippen molar-refractivity contribution in [3.05, 3.63) is 117 Å². The standard InChI is InChI=1S/C17H11Cl2F3O5.C15H12F2N4O3.C5H12NO4P/c1-8(15(23)24)26-16(25)11-7-10(3-4-12(11)18)27-14-5-2-9(6-13(14)19)17(20,21)22;1-8(13-12(14(22)23)3-2-4-18-13)20-21-15(24)19-11-6-9(16)5-10(17)7-11;1-11(9,10)3-2-4(6)5(7)8/h2-8H,1H3,(H,23,24);2-7H,1H3,(H,22,23)(H2,19,21,24);4H,2-3,6H2,1H3,(H,7,8)(H,9,10)/b;20-8+;/t8-;;/m0../s1. The summed E-state index contributed by atoms with van der Waals surface area (Å²) in [7, 11) is -3.10. The van der Waals surface area contributed by atoms with Crippen molar-refractivity contribution >= 4 is 71.9 Å². The van der Waals surface area contributed by atoms with Crippen LogP contribution in [0.15, 0.2) is 78.0 Å². The van der Waals surface area contributed by atoms with E-state index in [1.165, 1.54) is 44.1 Å². The quantitative estimate of drug-likeness (QED) is 0.0222. The molecule has 0 saturated heterocycles. The zero-order valence-electron chi connectivity index (χ0n) is 32.1. The number of hydrogen-bond acceptors (Lipinski definition) is 11. The van der Waals surface area contributed by atoms with Crippen LogP contribution in [0.5, 0.6) is 11.5 Å². The number of esters is 1. The van der Waals surface area contributed by atoms with E-state index in [4.69, 9.17) is 58.6 Å². The number of aromatic carboxylic acids is 1. The van der Waals surface area contributed by atoms with Gasteiger partial charge in [0.05, 0.1) is 32.4 Å². The summed E-state index contributed by atoms with van der Waals surface area (Å²) in [6.45, 7) is 3.80. The lowest BCUT2D eigenvalue weighted by atomic mass is 10.1. The molecule has 334 valence electrons. The van der Waals surface area contributed by atoms with Crippen molar-refractivity contribution in [1.82, 2.24) is 10.4 Å². The molecule has 0 saturated carbocycles. The number of aliphatic carboxylic acids is 2. The summed E-state index contributed by atoms with van der Waals surface area (Å²) in [6.07, 6.45) is -4.57. The lowest BCUT2D eigenvalue weighted by Crippen LogP contribution is -2.30. The molecule has 62 heavy (non-hydrogen) atoms. The van der Waals surface area contributed by atoms with Crippen LogP contribution in [0, 0.1) is 11.6 Å². The van der Waals surface area contributed by atoms with Gasteiger partial charge in [-0.25, -0.2) is 33.4 Å². The van der Waals surface area contributed by atoms with Crippen LogP contribution < -0.4 is 21.2 Å². The summed E-state index contributed by atoms with van der Waals surface area (Å²) in [6, 6.07) is 9.78. The first-order chi connectivity index (χ1) is 28.7. The number of carboxylic acid groups (broad SMARTS) is 3. The van der Waals surface area contributed by atoms with Crippen LogP contribution in [0.25, 0.3) is 0 Å². The van der Waals surface area contributed by atoms with Crippen molar-refractivity contribution in [2.75, 3.05) is 18.1 Å². The highest BCUT2D eigenvalue weighted by molar-refractivity contribution is 7.57. The lowest BCUT2D eigenvalue weighted by Gasteiger charge is -2.13. The number of rotatable bonds is 13. The molecule has 1 aromatic heterocycles. The highest BCUT2D eigenvalue weighted by atomic mass is 35.5. The monoisotopic (exact) mass is 937 g/mol. The molecule has 8 N–H and O–H groups in total. The number of nitrogens with one attached hydrogen (secondary N) is 2. The van der Waals surface area contributed by atoms with Gasteiger partial charge in [-0.3, -0.25) is 14.3 Å². The second kappa shape index (κ2) is 23.1. The molecule has 0 aliphatic carbocycles. The van der Waals surface area contributed by atoms with Gasteiger partial charge in [0.25, 0.3) is 0 Å². The SMILES string of the molecule is C/C(=N\NC(=O)Nc1cc(F)cc(F)c1)c1ncccc1C(=O)O.CP(=O)(O)CCC(N)C(=O)O.C[C@H](OC(=O)c1cc(Oc2ccc(C(F)(F)F)cc2Cl)ccc1Cl)C(=O)O. The molecule has 17 nitrogen and oxygen atoms in total. The Morgan fingerprint density at radius 1 is 0.919 bits per heavy atom. The molecular weight excluding hydrogens is 903 g/mol. The Kier molecular flexibility index (Phi) is 19.4. The third kappa shape index (κ3) is 17.8. The Balaban J connectivity index is 0.000000347. The number of aromatic nitrogens is 1. The minimum absolute atomic E-state index is 0.0246. The van der Waals surface area contributed by atoms with Gasteiger partial charge in [0.15, 0.2) is 13.5 Å². The van der Waals surface area contributed by atoms with E-state index in [0.717, 1.165) is 37.3 Å². The van der Waals surface area contributed by atoms with Crippen LogP contribution in [0.1, 0.15) is 52.2 Å². The van der Waals surface area contributed by atoms with Crippen LogP contribution in [0.3, 0.4) is 0 Å². The fourth-order valence-electron chi connectivity index (χ4n) is 4.23. The molecule has 4 aromatic rings. The summed E-state index contributed by atoms with van der Waals surface area (Å²) >= 11 is 11.7.